The molecule has 0 aliphatic carbocycles. The molecular formula is C11H8N2O2S. The lowest BCUT2D eigenvalue weighted by atomic mass is 10.0. The molecule has 3 rings (SSSR count). The largest absolute Gasteiger partial charge is 0.493 e. The van der Waals surface area contributed by atoms with Crippen LogP contribution in [0.25, 0.3) is 0 Å². The van der Waals surface area contributed by atoms with Crippen LogP contribution in [0.15, 0.2) is 24.4 Å². The van der Waals surface area contributed by atoms with Gasteiger partial charge in [0.1, 0.15) is 11.4 Å². The van der Waals surface area contributed by atoms with Crippen LogP contribution in [0, 0.1) is 0 Å². The van der Waals surface area contributed by atoms with E-state index < -0.39 is 0 Å². The Morgan fingerprint density at radius 3 is 3.19 bits per heavy atom. The molecule has 2 heterocycles. The van der Waals surface area contributed by atoms with Gasteiger partial charge in [-0.15, -0.1) is 0 Å². The van der Waals surface area contributed by atoms with Gasteiger partial charge in [0.05, 0.1) is 24.5 Å². The van der Waals surface area contributed by atoms with Crippen LogP contribution < -0.4 is 4.74 Å². The minimum absolute atomic E-state index is 0.0801. The second-order valence-electron chi connectivity index (χ2n) is 3.54. The van der Waals surface area contributed by atoms with Gasteiger partial charge in [0.2, 0.25) is 5.78 Å². The summed E-state index contributed by atoms with van der Waals surface area (Å²) in [5.74, 6) is 0.802. The Morgan fingerprint density at radius 1 is 1.44 bits per heavy atom. The minimum Gasteiger partial charge on any atom is -0.493 e. The third kappa shape index (κ3) is 1.49. The van der Waals surface area contributed by atoms with Crippen LogP contribution in [0.5, 0.6) is 5.75 Å². The van der Waals surface area contributed by atoms with Crippen molar-refractivity contribution in [2.24, 2.45) is 0 Å². The molecule has 4 nitrogen and oxygen atoms in total. The molecule has 0 radical (unpaired) electrons. The van der Waals surface area contributed by atoms with E-state index in [1.807, 2.05) is 12.1 Å². The first kappa shape index (κ1) is 9.47. The fourth-order valence-electron chi connectivity index (χ4n) is 1.74. The summed E-state index contributed by atoms with van der Waals surface area (Å²) in [4.78, 5) is 12.0. The Balaban J connectivity index is 1.99. The highest BCUT2D eigenvalue weighted by atomic mass is 32.1. The van der Waals surface area contributed by atoms with E-state index in [2.05, 4.69) is 8.75 Å². The molecule has 0 N–H and O–H groups in total. The molecule has 80 valence electrons. The lowest BCUT2D eigenvalue weighted by molar-refractivity contribution is 0.103. The van der Waals surface area contributed by atoms with Crippen LogP contribution in [-0.4, -0.2) is 21.1 Å². The number of ether oxygens (including phenoxy) is 1. The summed E-state index contributed by atoms with van der Waals surface area (Å²) in [5.41, 5.74) is 2.15. The summed E-state index contributed by atoms with van der Waals surface area (Å²) in [6.45, 7) is 0.700. The zero-order valence-electron chi connectivity index (χ0n) is 8.34. The molecule has 0 atom stereocenters. The summed E-state index contributed by atoms with van der Waals surface area (Å²) >= 11 is 1.04. The van der Waals surface area contributed by atoms with Crippen LogP contribution >= 0.6 is 11.7 Å². The van der Waals surface area contributed by atoms with Gasteiger partial charge in [-0.25, -0.2) is 0 Å². The molecule has 0 saturated heterocycles. The molecule has 1 aromatic carbocycles. The van der Waals surface area contributed by atoms with Gasteiger partial charge < -0.3 is 4.74 Å². The molecule has 2 aromatic rings. The maximum Gasteiger partial charge on any atom is 0.214 e. The summed E-state index contributed by atoms with van der Waals surface area (Å²) in [6, 6.07) is 5.49. The number of hydrogen-bond donors (Lipinski definition) is 0. The standard InChI is InChI=1S/C11H8N2O2S/c14-11(9-6-12-16-13-9)8-1-2-10-7(5-8)3-4-15-10/h1-2,5-6H,3-4H2. The predicted molar refractivity (Wildman–Crippen MR) is 59.0 cm³/mol. The normalized spacial score (nSPS) is 13.2. The quantitative estimate of drug-likeness (QED) is 0.739. The SMILES string of the molecule is O=C(c1ccc2c(c1)CCO2)c1cnsn1. The number of nitrogens with zero attached hydrogens (tertiary/aromatic N) is 2. The van der Waals surface area contributed by atoms with Crippen molar-refractivity contribution in [1.82, 2.24) is 8.75 Å². The zero-order valence-corrected chi connectivity index (χ0v) is 9.16. The number of carbonyl (C=O) groups is 1. The fourth-order valence-corrected chi connectivity index (χ4v) is 2.15. The van der Waals surface area contributed by atoms with Gasteiger partial charge in [-0.05, 0) is 23.8 Å². The highest BCUT2D eigenvalue weighted by Crippen LogP contribution is 2.26. The van der Waals surface area contributed by atoms with Gasteiger partial charge >= 0.3 is 0 Å². The molecule has 1 aliphatic heterocycles. The van der Waals surface area contributed by atoms with Crippen LogP contribution in [0.4, 0.5) is 0 Å². The highest BCUT2D eigenvalue weighted by Gasteiger charge is 2.17. The number of ketones is 1. The third-order valence-electron chi connectivity index (χ3n) is 2.55. The average Bonchev–Trinajstić information content (AvgIpc) is 2.98. The number of rotatable bonds is 2. The summed E-state index contributed by atoms with van der Waals surface area (Å²) in [5, 5.41) is 0. The van der Waals surface area contributed by atoms with E-state index in [0.717, 1.165) is 29.5 Å². The number of hydrogen-bond acceptors (Lipinski definition) is 5. The van der Waals surface area contributed by atoms with Crippen molar-refractivity contribution in [1.29, 1.82) is 0 Å². The first-order valence-corrected chi connectivity index (χ1v) is 5.65. The highest BCUT2D eigenvalue weighted by molar-refractivity contribution is 6.99. The van der Waals surface area contributed by atoms with Crippen molar-refractivity contribution < 1.29 is 9.53 Å². The van der Waals surface area contributed by atoms with Crippen LogP contribution in [0.1, 0.15) is 21.6 Å². The van der Waals surface area contributed by atoms with Gasteiger partial charge in [-0.3, -0.25) is 4.79 Å². The first-order chi connectivity index (χ1) is 7.84. The summed E-state index contributed by atoms with van der Waals surface area (Å²) in [7, 11) is 0. The van der Waals surface area contributed by atoms with Crippen molar-refractivity contribution >= 4 is 17.5 Å². The Morgan fingerprint density at radius 2 is 2.38 bits per heavy atom. The van der Waals surface area contributed by atoms with Crippen LogP contribution in [0.2, 0.25) is 0 Å². The summed E-state index contributed by atoms with van der Waals surface area (Å²) in [6.07, 6.45) is 2.36. The Bertz CT molecular complexity index is 537. The zero-order chi connectivity index (χ0) is 11.0. The van der Waals surface area contributed by atoms with E-state index in [0.29, 0.717) is 17.9 Å². The molecule has 0 amide bonds. The topological polar surface area (TPSA) is 52.1 Å². The van der Waals surface area contributed by atoms with Gasteiger partial charge in [0, 0.05) is 12.0 Å². The molecule has 1 aliphatic rings. The number of carbonyl (C=O) groups excluding carboxylic acids is 1. The molecule has 1 aromatic heterocycles. The van der Waals surface area contributed by atoms with Crippen molar-refractivity contribution in [3.63, 3.8) is 0 Å². The van der Waals surface area contributed by atoms with Crippen molar-refractivity contribution in [3.8, 4) is 5.75 Å². The molecule has 0 bridgehead atoms. The minimum atomic E-state index is -0.0801. The Labute approximate surface area is 96.2 Å². The number of benzene rings is 1. The lowest BCUT2D eigenvalue weighted by Crippen LogP contribution is -2.01. The van der Waals surface area contributed by atoms with Gasteiger partial charge in [-0.1, -0.05) is 0 Å². The number of fused-ring (bicyclic) bond motifs is 1. The fraction of sp³-hybridized carbons (Fsp3) is 0.182. The smallest absolute Gasteiger partial charge is 0.214 e. The molecule has 0 fully saturated rings. The van der Waals surface area contributed by atoms with Gasteiger partial charge in [0.25, 0.3) is 0 Å². The molecule has 0 unspecified atom stereocenters. The molecule has 5 heteroatoms. The monoisotopic (exact) mass is 232 g/mol. The molecular weight excluding hydrogens is 224 g/mol. The molecule has 0 spiro atoms. The second kappa shape index (κ2) is 3.68. The van der Waals surface area contributed by atoms with E-state index in [1.165, 1.54) is 6.20 Å². The van der Waals surface area contributed by atoms with E-state index in [9.17, 15) is 4.79 Å². The van der Waals surface area contributed by atoms with Gasteiger partial charge in [0.15, 0.2) is 0 Å². The lowest BCUT2D eigenvalue weighted by Gasteiger charge is -2.01. The maximum atomic E-state index is 12.0. The van der Waals surface area contributed by atoms with E-state index in [1.54, 1.807) is 6.07 Å². The maximum absolute atomic E-state index is 12.0. The molecule has 0 saturated carbocycles. The van der Waals surface area contributed by atoms with E-state index in [-0.39, 0.29) is 5.78 Å². The average molecular weight is 232 g/mol. The van der Waals surface area contributed by atoms with Crippen LogP contribution in [0.3, 0.4) is 0 Å². The molecule has 16 heavy (non-hydrogen) atoms. The predicted octanol–water partition coefficient (Wildman–Crippen LogP) is 1.70. The Kier molecular flexibility index (Phi) is 2.18. The van der Waals surface area contributed by atoms with Crippen molar-refractivity contribution in [2.45, 2.75) is 6.42 Å². The first-order valence-electron chi connectivity index (χ1n) is 4.92. The Hall–Kier alpha value is -1.75. The second-order valence-corrected chi connectivity index (χ2v) is 4.10. The van der Waals surface area contributed by atoms with Crippen LogP contribution in [-0.2, 0) is 6.42 Å². The summed E-state index contributed by atoms with van der Waals surface area (Å²) < 4.78 is 13.1. The van der Waals surface area contributed by atoms with Crippen molar-refractivity contribution in [2.75, 3.05) is 6.61 Å². The van der Waals surface area contributed by atoms with Crippen molar-refractivity contribution in [3.05, 3.63) is 41.2 Å². The van der Waals surface area contributed by atoms with E-state index >= 15 is 0 Å². The van der Waals surface area contributed by atoms with E-state index in [4.69, 9.17) is 4.74 Å². The number of aromatic nitrogens is 2. The van der Waals surface area contributed by atoms with Gasteiger partial charge in [-0.2, -0.15) is 8.75 Å². The third-order valence-corrected chi connectivity index (χ3v) is 3.02.